The fraction of sp³-hybridized carbons (Fsp3) is 0.800. The normalized spacial score (nSPS) is 47.6. The highest BCUT2D eigenvalue weighted by Crippen LogP contribution is 2.71. The predicted molar refractivity (Wildman–Crippen MR) is 66.4 cm³/mol. The summed E-state index contributed by atoms with van der Waals surface area (Å²) in [6.07, 6.45) is 2.30. The van der Waals surface area contributed by atoms with E-state index in [1.54, 1.807) is 0 Å². The van der Waals surface area contributed by atoms with Crippen molar-refractivity contribution in [2.75, 3.05) is 0 Å². The van der Waals surface area contributed by atoms with Crippen LogP contribution in [0, 0.1) is 22.7 Å². The third kappa shape index (κ3) is 1.04. The minimum absolute atomic E-state index is 0.0536. The molecule has 1 N–H and O–H groups in total. The van der Waals surface area contributed by atoms with Gasteiger partial charge in [0.25, 0.3) is 0 Å². The average Bonchev–Trinajstić information content (AvgIpc) is 2.55. The highest BCUT2D eigenvalue weighted by molar-refractivity contribution is 6.00. The average molecular weight is 234 g/mol. The van der Waals surface area contributed by atoms with Gasteiger partial charge in [-0.25, -0.2) is 0 Å². The fourth-order valence-corrected chi connectivity index (χ4v) is 5.20. The van der Waals surface area contributed by atoms with E-state index in [1.165, 1.54) is 5.57 Å². The minimum Gasteiger partial charge on any atom is -0.393 e. The summed E-state index contributed by atoms with van der Waals surface area (Å²) in [5, 5.41) is 10.3. The van der Waals surface area contributed by atoms with Crippen molar-refractivity contribution in [1.82, 2.24) is 0 Å². The fourth-order valence-electron chi connectivity index (χ4n) is 5.20. The van der Waals surface area contributed by atoms with Crippen LogP contribution in [0.25, 0.3) is 0 Å². The van der Waals surface area contributed by atoms with E-state index in [-0.39, 0.29) is 16.9 Å². The first kappa shape index (κ1) is 11.5. The molecule has 2 saturated carbocycles. The van der Waals surface area contributed by atoms with Gasteiger partial charge in [0, 0.05) is 11.8 Å². The van der Waals surface area contributed by atoms with Crippen LogP contribution in [-0.4, -0.2) is 17.0 Å². The van der Waals surface area contributed by atoms with Crippen LogP contribution in [-0.2, 0) is 4.79 Å². The van der Waals surface area contributed by atoms with Crippen LogP contribution in [0.3, 0.4) is 0 Å². The molecular weight excluding hydrogens is 212 g/mol. The molecule has 3 rings (SSSR count). The molecule has 0 radical (unpaired) electrons. The van der Waals surface area contributed by atoms with Gasteiger partial charge in [-0.2, -0.15) is 0 Å². The van der Waals surface area contributed by atoms with E-state index in [0.29, 0.717) is 24.0 Å². The topological polar surface area (TPSA) is 37.3 Å². The van der Waals surface area contributed by atoms with Crippen LogP contribution in [0.2, 0.25) is 0 Å². The lowest BCUT2D eigenvalue weighted by Gasteiger charge is -2.52. The van der Waals surface area contributed by atoms with Crippen molar-refractivity contribution in [2.24, 2.45) is 22.7 Å². The number of hydrogen-bond donors (Lipinski definition) is 1. The molecule has 1 spiro atoms. The highest BCUT2D eigenvalue weighted by Gasteiger charge is 2.67. The molecular formula is C15H22O2. The second kappa shape index (κ2) is 3.03. The number of Topliss-reactive ketones (excluding diaryl/α,β-unsaturated/α-hetero) is 1. The first-order chi connectivity index (χ1) is 7.82. The summed E-state index contributed by atoms with van der Waals surface area (Å²) in [6, 6.07) is 0. The molecule has 3 aliphatic carbocycles. The second-order valence-electron chi connectivity index (χ2n) is 6.91. The van der Waals surface area contributed by atoms with Crippen LogP contribution in [0.4, 0.5) is 0 Å². The van der Waals surface area contributed by atoms with E-state index in [2.05, 4.69) is 20.8 Å². The number of rotatable bonds is 0. The summed E-state index contributed by atoms with van der Waals surface area (Å²) in [6.45, 7) is 8.73. The maximum Gasteiger partial charge on any atom is 0.159 e. The Morgan fingerprint density at radius 3 is 2.65 bits per heavy atom. The van der Waals surface area contributed by atoms with Crippen LogP contribution < -0.4 is 0 Å². The SMILES string of the molecule is CC1=C2CC3C(O)CC(C)C2(CC1=O)C3(C)C. The van der Waals surface area contributed by atoms with Crippen molar-refractivity contribution in [2.45, 2.75) is 53.1 Å². The summed E-state index contributed by atoms with van der Waals surface area (Å²) < 4.78 is 0. The van der Waals surface area contributed by atoms with Gasteiger partial charge in [-0.3, -0.25) is 4.79 Å². The van der Waals surface area contributed by atoms with Gasteiger partial charge in [-0.05, 0) is 42.6 Å². The molecule has 4 unspecified atom stereocenters. The van der Waals surface area contributed by atoms with E-state index in [0.717, 1.165) is 18.4 Å². The number of ketones is 1. The molecule has 4 atom stereocenters. The predicted octanol–water partition coefficient (Wildman–Crippen LogP) is 2.71. The maximum atomic E-state index is 12.1. The number of carbonyl (C=O) groups excluding carboxylic acids is 1. The van der Waals surface area contributed by atoms with E-state index in [1.807, 2.05) is 6.92 Å². The number of allylic oxidation sites excluding steroid dienone is 2. The van der Waals surface area contributed by atoms with E-state index in [4.69, 9.17) is 0 Å². The largest absolute Gasteiger partial charge is 0.393 e. The minimum atomic E-state index is -0.188. The molecule has 0 saturated heterocycles. The number of aliphatic hydroxyl groups is 1. The van der Waals surface area contributed by atoms with Crippen molar-refractivity contribution < 1.29 is 9.90 Å². The smallest absolute Gasteiger partial charge is 0.159 e. The van der Waals surface area contributed by atoms with E-state index >= 15 is 0 Å². The van der Waals surface area contributed by atoms with Gasteiger partial charge in [0.1, 0.15) is 0 Å². The third-order valence-electron chi connectivity index (χ3n) is 6.25. The van der Waals surface area contributed by atoms with Crippen molar-refractivity contribution in [3.05, 3.63) is 11.1 Å². The molecule has 0 aromatic carbocycles. The van der Waals surface area contributed by atoms with E-state index < -0.39 is 0 Å². The van der Waals surface area contributed by atoms with Crippen molar-refractivity contribution in [1.29, 1.82) is 0 Å². The summed E-state index contributed by atoms with van der Waals surface area (Å²) in [7, 11) is 0. The van der Waals surface area contributed by atoms with Crippen LogP contribution in [0.1, 0.15) is 47.0 Å². The van der Waals surface area contributed by atoms with E-state index in [9.17, 15) is 9.90 Å². The molecule has 0 heterocycles. The zero-order valence-electron chi connectivity index (χ0n) is 11.2. The van der Waals surface area contributed by atoms with Gasteiger partial charge in [-0.1, -0.05) is 26.3 Å². The van der Waals surface area contributed by atoms with Crippen LogP contribution in [0.5, 0.6) is 0 Å². The summed E-state index contributed by atoms with van der Waals surface area (Å²) in [5.74, 6) is 1.11. The third-order valence-corrected chi connectivity index (χ3v) is 6.25. The first-order valence-electron chi connectivity index (χ1n) is 6.74. The number of hydrogen-bond acceptors (Lipinski definition) is 2. The zero-order valence-corrected chi connectivity index (χ0v) is 11.2. The van der Waals surface area contributed by atoms with Gasteiger partial charge in [-0.15, -0.1) is 0 Å². The molecule has 2 fully saturated rings. The Kier molecular flexibility index (Phi) is 2.04. The number of aliphatic hydroxyl groups excluding tert-OH is 1. The molecule has 0 aromatic rings. The quantitative estimate of drug-likeness (QED) is 0.699. The molecule has 0 aliphatic heterocycles. The second-order valence-corrected chi connectivity index (χ2v) is 6.91. The summed E-state index contributed by atoms with van der Waals surface area (Å²) in [5.41, 5.74) is 2.49. The molecule has 3 aliphatic rings. The van der Waals surface area contributed by atoms with Gasteiger partial charge >= 0.3 is 0 Å². The lowest BCUT2D eigenvalue weighted by Crippen LogP contribution is -2.50. The van der Waals surface area contributed by atoms with Gasteiger partial charge < -0.3 is 5.11 Å². The highest BCUT2D eigenvalue weighted by atomic mass is 16.3. The Bertz CT molecular complexity index is 432. The first-order valence-corrected chi connectivity index (χ1v) is 6.74. The number of carbonyl (C=O) groups is 1. The Morgan fingerprint density at radius 2 is 2.00 bits per heavy atom. The Balaban J connectivity index is 2.23. The summed E-state index contributed by atoms with van der Waals surface area (Å²) >= 11 is 0. The standard InChI is InChI=1S/C15H22O2/c1-8-5-12(16)11-6-10-9(2)13(17)7-15(8,10)14(11,3)4/h8,11-12,16H,5-7H2,1-4H3. The van der Waals surface area contributed by atoms with Crippen LogP contribution >= 0.6 is 0 Å². The molecule has 0 amide bonds. The van der Waals surface area contributed by atoms with Crippen molar-refractivity contribution in [3.63, 3.8) is 0 Å². The molecule has 2 bridgehead atoms. The lowest BCUT2D eigenvalue weighted by atomic mass is 9.52. The lowest BCUT2D eigenvalue weighted by molar-refractivity contribution is -0.124. The molecule has 17 heavy (non-hydrogen) atoms. The van der Waals surface area contributed by atoms with Crippen molar-refractivity contribution in [3.8, 4) is 0 Å². The molecule has 0 aromatic heterocycles. The molecule has 94 valence electrons. The monoisotopic (exact) mass is 234 g/mol. The molecule has 2 heteroatoms. The van der Waals surface area contributed by atoms with Gasteiger partial charge in [0.15, 0.2) is 5.78 Å². The Hall–Kier alpha value is -0.630. The Labute approximate surface area is 103 Å². The van der Waals surface area contributed by atoms with Crippen molar-refractivity contribution >= 4 is 5.78 Å². The zero-order chi connectivity index (χ0) is 12.6. The number of fused-ring (bicyclic) bond motifs is 1. The van der Waals surface area contributed by atoms with Gasteiger partial charge in [0.05, 0.1) is 6.10 Å². The maximum absolute atomic E-state index is 12.1. The van der Waals surface area contributed by atoms with Gasteiger partial charge in [0.2, 0.25) is 0 Å². The molecule has 2 nitrogen and oxygen atoms in total. The Morgan fingerprint density at radius 1 is 1.35 bits per heavy atom. The summed E-state index contributed by atoms with van der Waals surface area (Å²) in [4.78, 5) is 12.1. The van der Waals surface area contributed by atoms with Crippen LogP contribution in [0.15, 0.2) is 11.1 Å².